The Kier molecular flexibility index (Phi) is 5.78. The van der Waals surface area contributed by atoms with E-state index in [0.717, 1.165) is 10.6 Å². The van der Waals surface area contributed by atoms with Crippen molar-refractivity contribution in [3.8, 4) is 0 Å². The van der Waals surface area contributed by atoms with Crippen molar-refractivity contribution < 1.29 is 14.3 Å². The van der Waals surface area contributed by atoms with Crippen LogP contribution >= 0.6 is 23.1 Å². The fraction of sp³-hybridized carbons (Fsp3) is 0.222. The summed E-state index contributed by atoms with van der Waals surface area (Å²) in [5.41, 5.74) is 1.20. The maximum Gasteiger partial charge on any atom is 0.265 e. The molecule has 0 saturated heterocycles. The second-order valence-electron chi connectivity index (χ2n) is 5.38. The number of nitrogens with one attached hydrogen (secondary N) is 2. The van der Waals surface area contributed by atoms with E-state index in [1.54, 1.807) is 42.5 Å². The molecule has 130 valence electrons. The van der Waals surface area contributed by atoms with Crippen molar-refractivity contribution in [1.29, 1.82) is 0 Å². The van der Waals surface area contributed by atoms with Gasteiger partial charge in [-0.25, -0.2) is 0 Å². The Morgan fingerprint density at radius 2 is 1.96 bits per heavy atom. The van der Waals surface area contributed by atoms with Crippen LogP contribution in [0.5, 0.6) is 0 Å². The molecule has 5 nitrogen and oxygen atoms in total. The van der Waals surface area contributed by atoms with Gasteiger partial charge in [0.2, 0.25) is 0 Å². The molecule has 2 N–H and O–H groups in total. The third kappa shape index (κ3) is 4.64. The van der Waals surface area contributed by atoms with Gasteiger partial charge in [0.05, 0.1) is 13.2 Å². The first kappa shape index (κ1) is 17.6. The Morgan fingerprint density at radius 1 is 1.16 bits per heavy atom. The molecule has 0 saturated carbocycles. The third-order valence-corrected chi connectivity index (χ3v) is 5.59. The number of thiophene rings is 1. The Balaban J connectivity index is 1.58. The van der Waals surface area contributed by atoms with Crippen molar-refractivity contribution in [3.05, 3.63) is 62.9 Å². The molecule has 1 aromatic carbocycles. The van der Waals surface area contributed by atoms with Crippen LogP contribution in [0.4, 0.5) is 5.69 Å². The summed E-state index contributed by atoms with van der Waals surface area (Å²) in [6.45, 7) is 2.93. The van der Waals surface area contributed by atoms with Crippen LogP contribution in [-0.2, 0) is 16.1 Å². The molecule has 0 aliphatic carbocycles. The molecule has 25 heavy (non-hydrogen) atoms. The number of rotatable bonds is 5. The predicted molar refractivity (Wildman–Crippen MR) is 102 cm³/mol. The van der Waals surface area contributed by atoms with Crippen molar-refractivity contribution in [2.45, 2.75) is 13.5 Å². The fourth-order valence-electron chi connectivity index (χ4n) is 2.31. The van der Waals surface area contributed by atoms with Crippen molar-refractivity contribution in [1.82, 2.24) is 5.32 Å². The van der Waals surface area contributed by atoms with Crippen LogP contribution in [0.15, 0.2) is 52.4 Å². The highest BCUT2D eigenvalue weighted by Gasteiger charge is 2.18. The minimum atomic E-state index is -0.183. The number of carbonyl (C=O) groups is 2. The van der Waals surface area contributed by atoms with E-state index in [4.69, 9.17) is 4.74 Å². The molecule has 0 spiro atoms. The zero-order valence-electron chi connectivity index (χ0n) is 13.7. The van der Waals surface area contributed by atoms with E-state index in [0.29, 0.717) is 35.1 Å². The lowest BCUT2D eigenvalue weighted by Crippen LogP contribution is -2.22. The van der Waals surface area contributed by atoms with Gasteiger partial charge in [-0.15, -0.1) is 23.1 Å². The van der Waals surface area contributed by atoms with E-state index in [-0.39, 0.29) is 11.8 Å². The lowest BCUT2D eigenvalue weighted by Gasteiger charge is -2.17. The van der Waals surface area contributed by atoms with E-state index in [1.165, 1.54) is 11.8 Å². The number of ether oxygens (including phenoxy) is 1. The van der Waals surface area contributed by atoms with Crippen molar-refractivity contribution in [2.24, 2.45) is 0 Å². The number of amides is 2. The highest BCUT2D eigenvalue weighted by Crippen LogP contribution is 2.26. The van der Waals surface area contributed by atoms with E-state index in [9.17, 15) is 9.59 Å². The standard InChI is InChI=1S/C18H18N2O3S2/c1-12-16(25-10-8-23-12)18(22)20-14-6-4-13(5-7-14)17(21)19-11-15-3-2-9-24-15/h2-7,9H,8,10-11H2,1H3,(H,19,21)(H,20,22). The molecule has 7 heteroatoms. The molecule has 1 aliphatic rings. The second kappa shape index (κ2) is 8.22. The fourth-order valence-corrected chi connectivity index (χ4v) is 3.77. The summed E-state index contributed by atoms with van der Waals surface area (Å²) in [5.74, 6) is 1.10. The minimum absolute atomic E-state index is 0.138. The summed E-state index contributed by atoms with van der Waals surface area (Å²) in [5, 5.41) is 7.69. The van der Waals surface area contributed by atoms with Crippen molar-refractivity contribution >= 4 is 40.6 Å². The SMILES string of the molecule is CC1=C(C(=O)Nc2ccc(C(=O)NCc3cccs3)cc2)SCCO1. The Bertz CT molecular complexity index is 783. The van der Waals surface area contributed by atoms with Gasteiger partial charge in [-0.05, 0) is 42.6 Å². The first-order valence-corrected chi connectivity index (χ1v) is 9.68. The van der Waals surface area contributed by atoms with Crippen LogP contribution in [0.3, 0.4) is 0 Å². The van der Waals surface area contributed by atoms with Gasteiger partial charge in [0.15, 0.2) is 0 Å². The second-order valence-corrected chi connectivity index (χ2v) is 7.51. The van der Waals surface area contributed by atoms with Crippen molar-refractivity contribution in [3.63, 3.8) is 0 Å². The van der Waals surface area contributed by atoms with E-state index < -0.39 is 0 Å². The monoisotopic (exact) mass is 374 g/mol. The van der Waals surface area contributed by atoms with Gasteiger partial charge in [0.1, 0.15) is 10.7 Å². The maximum absolute atomic E-state index is 12.3. The summed E-state index contributed by atoms with van der Waals surface area (Å²) in [6, 6.07) is 10.8. The van der Waals surface area contributed by atoms with Gasteiger partial charge in [0.25, 0.3) is 11.8 Å². The average molecular weight is 374 g/mol. The summed E-state index contributed by atoms with van der Waals surface area (Å²) in [4.78, 5) is 26.1. The van der Waals surface area contributed by atoms with Crippen LogP contribution in [0.2, 0.25) is 0 Å². The number of allylic oxidation sites excluding steroid dienone is 1. The molecule has 0 fully saturated rings. The summed E-state index contributed by atoms with van der Waals surface area (Å²) >= 11 is 3.10. The molecule has 2 amide bonds. The highest BCUT2D eigenvalue weighted by molar-refractivity contribution is 8.04. The molecule has 2 aromatic rings. The van der Waals surface area contributed by atoms with Crippen LogP contribution in [-0.4, -0.2) is 24.2 Å². The number of carbonyl (C=O) groups excluding carboxylic acids is 2. The molecule has 0 radical (unpaired) electrons. The predicted octanol–water partition coefficient (Wildman–Crippen LogP) is 3.61. The molecule has 0 bridgehead atoms. The maximum atomic E-state index is 12.3. The smallest absolute Gasteiger partial charge is 0.265 e. The highest BCUT2D eigenvalue weighted by atomic mass is 32.2. The molecular formula is C18H18N2O3S2. The van der Waals surface area contributed by atoms with Crippen LogP contribution in [0.1, 0.15) is 22.2 Å². The van der Waals surface area contributed by atoms with Gasteiger partial charge in [0, 0.05) is 21.9 Å². The number of anilines is 1. The molecule has 0 atom stereocenters. The third-order valence-electron chi connectivity index (χ3n) is 3.58. The van der Waals surface area contributed by atoms with Crippen LogP contribution in [0.25, 0.3) is 0 Å². The number of hydrogen-bond donors (Lipinski definition) is 2. The normalized spacial score (nSPS) is 14.0. The molecule has 2 heterocycles. The molecular weight excluding hydrogens is 356 g/mol. The van der Waals surface area contributed by atoms with Gasteiger partial charge in [-0.2, -0.15) is 0 Å². The molecule has 1 aliphatic heterocycles. The summed E-state index contributed by atoms with van der Waals surface area (Å²) < 4.78 is 5.40. The van der Waals surface area contributed by atoms with Crippen LogP contribution in [0, 0.1) is 0 Å². The van der Waals surface area contributed by atoms with E-state index in [1.807, 2.05) is 17.5 Å². The molecule has 1 aromatic heterocycles. The average Bonchev–Trinajstić information content (AvgIpc) is 3.14. The van der Waals surface area contributed by atoms with Crippen molar-refractivity contribution in [2.75, 3.05) is 17.7 Å². The Hall–Kier alpha value is -2.25. The summed E-state index contributed by atoms with van der Waals surface area (Å²) in [6.07, 6.45) is 0. The van der Waals surface area contributed by atoms with Gasteiger partial charge in [-0.1, -0.05) is 6.07 Å². The number of hydrogen-bond acceptors (Lipinski definition) is 5. The van der Waals surface area contributed by atoms with Gasteiger partial charge >= 0.3 is 0 Å². The first-order chi connectivity index (χ1) is 12.1. The number of benzene rings is 1. The van der Waals surface area contributed by atoms with Gasteiger partial charge < -0.3 is 15.4 Å². The summed E-state index contributed by atoms with van der Waals surface area (Å²) in [7, 11) is 0. The van der Waals surface area contributed by atoms with E-state index in [2.05, 4.69) is 10.6 Å². The Labute approximate surface area is 154 Å². The lowest BCUT2D eigenvalue weighted by atomic mass is 10.2. The zero-order valence-corrected chi connectivity index (χ0v) is 15.3. The van der Waals surface area contributed by atoms with E-state index >= 15 is 0 Å². The quantitative estimate of drug-likeness (QED) is 0.839. The van der Waals surface area contributed by atoms with Crippen LogP contribution < -0.4 is 10.6 Å². The minimum Gasteiger partial charge on any atom is -0.496 e. The zero-order chi connectivity index (χ0) is 17.6. The van der Waals surface area contributed by atoms with Gasteiger partial charge in [-0.3, -0.25) is 9.59 Å². The Morgan fingerprint density at radius 3 is 2.64 bits per heavy atom. The molecule has 0 unspecified atom stereocenters. The largest absolute Gasteiger partial charge is 0.496 e. The first-order valence-electron chi connectivity index (χ1n) is 7.82. The topological polar surface area (TPSA) is 67.4 Å². The lowest BCUT2D eigenvalue weighted by molar-refractivity contribution is -0.112. The molecule has 3 rings (SSSR count). The number of thioether (sulfide) groups is 1.